The number of benzene rings is 2. The van der Waals surface area contributed by atoms with Crippen LogP contribution in [0.3, 0.4) is 0 Å². The molecular weight excluding hydrogens is 409 g/mol. The summed E-state index contributed by atoms with van der Waals surface area (Å²) in [5.74, 6) is -0.135. The van der Waals surface area contributed by atoms with Gasteiger partial charge in [0.05, 0.1) is 7.11 Å². The van der Waals surface area contributed by atoms with Gasteiger partial charge in [0.1, 0.15) is 5.82 Å². The van der Waals surface area contributed by atoms with E-state index in [2.05, 4.69) is 19.1 Å². The van der Waals surface area contributed by atoms with Crippen LogP contribution in [0.25, 0.3) is 11.1 Å². The number of methoxy groups -OCH3 is 1. The predicted octanol–water partition coefficient (Wildman–Crippen LogP) is 8.44. The van der Waals surface area contributed by atoms with Gasteiger partial charge in [-0.05, 0) is 99.3 Å². The zero-order chi connectivity index (χ0) is 22.7. The van der Waals surface area contributed by atoms with Gasteiger partial charge in [0.2, 0.25) is 5.82 Å². The molecule has 0 amide bonds. The molecule has 32 heavy (non-hydrogen) atoms. The third-order valence-corrected chi connectivity index (χ3v) is 7.72. The Labute approximate surface area is 189 Å². The number of halogens is 3. The van der Waals surface area contributed by atoms with Gasteiger partial charge in [-0.2, -0.15) is 4.39 Å². The van der Waals surface area contributed by atoms with Crippen molar-refractivity contribution in [2.75, 3.05) is 7.11 Å². The fourth-order valence-corrected chi connectivity index (χ4v) is 5.95. The van der Waals surface area contributed by atoms with Crippen LogP contribution < -0.4 is 4.74 Å². The highest BCUT2D eigenvalue weighted by atomic mass is 19.2. The van der Waals surface area contributed by atoms with Gasteiger partial charge >= 0.3 is 0 Å². The van der Waals surface area contributed by atoms with Crippen LogP contribution in [0.4, 0.5) is 13.2 Å². The smallest absolute Gasteiger partial charge is 0.201 e. The first-order chi connectivity index (χ1) is 15.5. The number of fused-ring (bicyclic) bond motifs is 1. The standard InChI is InChI=1S/C28H33F3O/c1-3-4-5-6-18-7-8-20-16-21(10-9-19(20)15-18)22-11-12-23(25(29)17-22)24-13-14-26(32-2)28(31)27(24)30/h3-4,11-14,17-21H,5-10,15-16H2,1-2H3/b4-3+. The van der Waals surface area contributed by atoms with Gasteiger partial charge in [-0.25, -0.2) is 8.78 Å². The first-order valence-electron chi connectivity index (χ1n) is 11.9. The van der Waals surface area contributed by atoms with Crippen molar-refractivity contribution >= 4 is 0 Å². The molecule has 0 bridgehead atoms. The fourth-order valence-electron chi connectivity index (χ4n) is 5.95. The molecule has 0 aliphatic heterocycles. The van der Waals surface area contributed by atoms with Gasteiger partial charge in [0.25, 0.3) is 0 Å². The third-order valence-electron chi connectivity index (χ3n) is 7.72. The van der Waals surface area contributed by atoms with Crippen LogP contribution in [0.15, 0.2) is 42.5 Å². The van der Waals surface area contributed by atoms with Crippen LogP contribution in [0, 0.1) is 35.2 Å². The summed E-state index contributed by atoms with van der Waals surface area (Å²) in [6.07, 6.45) is 14.2. The van der Waals surface area contributed by atoms with Crippen LogP contribution in [-0.4, -0.2) is 7.11 Å². The Kier molecular flexibility index (Phi) is 7.27. The van der Waals surface area contributed by atoms with Gasteiger partial charge < -0.3 is 4.74 Å². The van der Waals surface area contributed by atoms with Crippen LogP contribution >= 0.6 is 0 Å². The van der Waals surface area contributed by atoms with Gasteiger partial charge in [0, 0.05) is 11.1 Å². The zero-order valence-corrected chi connectivity index (χ0v) is 19.0. The van der Waals surface area contributed by atoms with Crippen molar-refractivity contribution in [1.29, 1.82) is 0 Å². The Morgan fingerprint density at radius 3 is 2.41 bits per heavy atom. The quantitative estimate of drug-likeness (QED) is 0.408. The van der Waals surface area contributed by atoms with E-state index in [9.17, 15) is 13.2 Å². The summed E-state index contributed by atoms with van der Waals surface area (Å²) in [6.45, 7) is 2.08. The maximum absolute atomic E-state index is 15.0. The molecule has 0 heterocycles. The number of allylic oxidation sites excluding steroid dienone is 2. The van der Waals surface area contributed by atoms with Crippen molar-refractivity contribution in [2.45, 2.75) is 64.2 Å². The SMILES string of the molecule is C/C=C/CCC1CCC2CC(c3ccc(-c4ccc(OC)c(F)c4F)c(F)c3)CCC2C1. The van der Waals surface area contributed by atoms with E-state index in [1.165, 1.54) is 63.8 Å². The number of hydrogen-bond acceptors (Lipinski definition) is 1. The van der Waals surface area contributed by atoms with Crippen molar-refractivity contribution in [2.24, 2.45) is 17.8 Å². The Bertz CT molecular complexity index is 967. The first-order valence-corrected chi connectivity index (χ1v) is 11.9. The molecule has 4 atom stereocenters. The van der Waals surface area contributed by atoms with E-state index in [1.54, 1.807) is 6.07 Å². The highest BCUT2D eigenvalue weighted by Gasteiger charge is 2.36. The van der Waals surface area contributed by atoms with E-state index < -0.39 is 17.5 Å². The molecule has 1 nitrogen and oxygen atoms in total. The van der Waals surface area contributed by atoms with Crippen LogP contribution in [-0.2, 0) is 0 Å². The van der Waals surface area contributed by atoms with Crippen molar-refractivity contribution in [3.05, 3.63) is 65.5 Å². The van der Waals surface area contributed by atoms with E-state index in [0.29, 0.717) is 5.92 Å². The second-order valence-electron chi connectivity index (χ2n) is 9.54. The molecule has 4 unspecified atom stereocenters. The van der Waals surface area contributed by atoms with Crippen LogP contribution in [0.1, 0.15) is 69.8 Å². The summed E-state index contributed by atoms with van der Waals surface area (Å²) in [5.41, 5.74) is 0.990. The summed E-state index contributed by atoms with van der Waals surface area (Å²) in [6, 6.07) is 7.73. The Balaban J connectivity index is 1.44. The summed E-state index contributed by atoms with van der Waals surface area (Å²) in [5, 5.41) is 0. The summed E-state index contributed by atoms with van der Waals surface area (Å²) < 4.78 is 48.4. The Morgan fingerprint density at radius 1 is 0.906 bits per heavy atom. The van der Waals surface area contributed by atoms with Gasteiger partial charge in [-0.3, -0.25) is 0 Å². The summed E-state index contributed by atoms with van der Waals surface area (Å²) in [4.78, 5) is 0. The average molecular weight is 443 g/mol. The molecule has 0 radical (unpaired) electrons. The highest BCUT2D eigenvalue weighted by molar-refractivity contribution is 5.66. The maximum atomic E-state index is 15.0. The second-order valence-corrected chi connectivity index (χ2v) is 9.54. The molecule has 2 saturated carbocycles. The zero-order valence-electron chi connectivity index (χ0n) is 19.0. The largest absolute Gasteiger partial charge is 0.494 e. The van der Waals surface area contributed by atoms with Crippen molar-refractivity contribution < 1.29 is 17.9 Å². The summed E-state index contributed by atoms with van der Waals surface area (Å²) in [7, 11) is 1.28. The Morgan fingerprint density at radius 2 is 1.66 bits per heavy atom. The number of hydrogen-bond donors (Lipinski definition) is 0. The van der Waals surface area contributed by atoms with Crippen molar-refractivity contribution in [3.8, 4) is 16.9 Å². The lowest BCUT2D eigenvalue weighted by Crippen LogP contribution is -2.30. The van der Waals surface area contributed by atoms with E-state index in [0.717, 1.165) is 36.2 Å². The number of ether oxygens (including phenoxy) is 1. The molecule has 2 fully saturated rings. The number of rotatable bonds is 6. The van der Waals surface area contributed by atoms with Crippen molar-refractivity contribution in [3.63, 3.8) is 0 Å². The molecule has 4 rings (SSSR count). The van der Waals surface area contributed by atoms with E-state index in [-0.39, 0.29) is 16.9 Å². The van der Waals surface area contributed by atoms with E-state index in [1.807, 2.05) is 6.07 Å². The summed E-state index contributed by atoms with van der Waals surface area (Å²) >= 11 is 0. The molecule has 0 spiro atoms. The lowest BCUT2D eigenvalue weighted by atomic mass is 9.63. The third kappa shape index (κ3) is 4.74. The van der Waals surface area contributed by atoms with E-state index >= 15 is 0 Å². The molecule has 172 valence electrons. The molecule has 4 heteroatoms. The molecule has 2 aliphatic carbocycles. The highest BCUT2D eigenvalue weighted by Crippen LogP contribution is 2.48. The van der Waals surface area contributed by atoms with Gasteiger partial charge in [-0.1, -0.05) is 30.7 Å². The fraction of sp³-hybridized carbons (Fsp3) is 0.500. The topological polar surface area (TPSA) is 9.23 Å². The normalized spacial score (nSPS) is 25.7. The van der Waals surface area contributed by atoms with Crippen LogP contribution in [0.5, 0.6) is 5.75 Å². The minimum Gasteiger partial charge on any atom is -0.494 e. The van der Waals surface area contributed by atoms with E-state index in [4.69, 9.17) is 4.74 Å². The molecule has 0 aromatic heterocycles. The Hall–Kier alpha value is -2.23. The lowest BCUT2D eigenvalue weighted by Gasteiger charge is -2.42. The molecule has 2 aliphatic rings. The monoisotopic (exact) mass is 442 g/mol. The lowest BCUT2D eigenvalue weighted by molar-refractivity contribution is 0.115. The molecular formula is C28H33F3O. The molecule has 0 saturated heterocycles. The second kappa shape index (κ2) is 10.1. The van der Waals surface area contributed by atoms with Gasteiger partial charge in [0.15, 0.2) is 11.6 Å². The molecule has 0 N–H and O–H groups in total. The predicted molar refractivity (Wildman–Crippen MR) is 123 cm³/mol. The van der Waals surface area contributed by atoms with Crippen molar-refractivity contribution in [1.82, 2.24) is 0 Å². The minimum atomic E-state index is -1.09. The first kappa shape index (κ1) is 22.9. The van der Waals surface area contributed by atoms with Crippen LogP contribution in [0.2, 0.25) is 0 Å². The maximum Gasteiger partial charge on any atom is 0.201 e. The molecule has 2 aromatic rings. The average Bonchev–Trinajstić information content (AvgIpc) is 2.81. The molecule has 2 aromatic carbocycles. The minimum absolute atomic E-state index is 0.0766. The van der Waals surface area contributed by atoms with Gasteiger partial charge in [-0.15, -0.1) is 0 Å².